The van der Waals surface area contributed by atoms with Gasteiger partial charge in [-0.15, -0.1) is 0 Å². The summed E-state index contributed by atoms with van der Waals surface area (Å²) in [6.07, 6.45) is 4.08. The molecular formula is C18H20ClN3O3. The van der Waals surface area contributed by atoms with Crippen LogP contribution in [0.2, 0.25) is 5.02 Å². The number of nitrogens with one attached hydrogen (secondary N) is 1. The summed E-state index contributed by atoms with van der Waals surface area (Å²) in [5.41, 5.74) is 3.27. The van der Waals surface area contributed by atoms with Crippen molar-refractivity contribution in [2.45, 2.75) is 38.5 Å². The largest absolute Gasteiger partial charge is 0.481 e. The van der Waals surface area contributed by atoms with Crippen molar-refractivity contribution in [1.82, 2.24) is 15.1 Å². The van der Waals surface area contributed by atoms with Crippen molar-refractivity contribution in [3.63, 3.8) is 0 Å². The van der Waals surface area contributed by atoms with Gasteiger partial charge in [-0.05, 0) is 43.9 Å². The number of halogens is 1. The predicted octanol–water partition coefficient (Wildman–Crippen LogP) is 3.31. The Bertz CT molecular complexity index is 812. The minimum absolute atomic E-state index is 0.0386. The molecule has 0 spiro atoms. The molecule has 6 nitrogen and oxygen atoms in total. The van der Waals surface area contributed by atoms with E-state index in [0.29, 0.717) is 29.5 Å². The van der Waals surface area contributed by atoms with Crippen LogP contribution in [-0.2, 0) is 4.79 Å². The molecule has 1 aromatic carbocycles. The van der Waals surface area contributed by atoms with Crippen molar-refractivity contribution < 1.29 is 14.7 Å². The molecule has 1 aromatic heterocycles. The van der Waals surface area contributed by atoms with Gasteiger partial charge in [0.1, 0.15) is 0 Å². The van der Waals surface area contributed by atoms with Crippen LogP contribution in [0, 0.1) is 6.92 Å². The van der Waals surface area contributed by atoms with E-state index in [2.05, 4.69) is 10.4 Å². The summed E-state index contributed by atoms with van der Waals surface area (Å²) >= 11 is 6.22. The van der Waals surface area contributed by atoms with E-state index < -0.39 is 5.97 Å². The Hall–Kier alpha value is -2.34. The number of aryl methyl sites for hydroxylation is 1. The summed E-state index contributed by atoms with van der Waals surface area (Å²) < 4.78 is 1.79. The van der Waals surface area contributed by atoms with Crippen LogP contribution >= 0.6 is 11.6 Å². The molecule has 7 heteroatoms. The summed E-state index contributed by atoms with van der Waals surface area (Å²) in [6, 6.07) is 5.72. The van der Waals surface area contributed by atoms with Crippen LogP contribution < -0.4 is 5.32 Å². The van der Waals surface area contributed by atoms with E-state index >= 15 is 0 Å². The SMILES string of the molecule is Cc1ccc(-n2ncc(C(=O)NCCCC(=O)O)c2C2CC2)cc1Cl. The number of carboxylic acid groups (broad SMARTS) is 1. The van der Waals surface area contributed by atoms with E-state index in [1.54, 1.807) is 10.9 Å². The van der Waals surface area contributed by atoms with Gasteiger partial charge in [0.05, 0.1) is 23.1 Å². The summed E-state index contributed by atoms with van der Waals surface area (Å²) in [6.45, 7) is 2.27. The Morgan fingerprint density at radius 1 is 1.40 bits per heavy atom. The van der Waals surface area contributed by atoms with E-state index in [-0.39, 0.29) is 12.3 Å². The number of aromatic nitrogens is 2. The lowest BCUT2D eigenvalue weighted by Crippen LogP contribution is -2.25. The number of carboxylic acids is 1. The third-order valence-corrected chi connectivity index (χ3v) is 4.68. The minimum Gasteiger partial charge on any atom is -0.481 e. The Balaban J connectivity index is 1.81. The molecule has 3 rings (SSSR count). The zero-order valence-electron chi connectivity index (χ0n) is 14.0. The Labute approximate surface area is 150 Å². The van der Waals surface area contributed by atoms with Gasteiger partial charge < -0.3 is 10.4 Å². The Kier molecular flexibility index (Phi) is 5.08. The third-order valence-electron chi connectivity index (χ3n) is 4.27. The number of benzene rings is 1. The normalized spacial score (nSPS) is 13.7. The number of hydrogen-bond donors (Lipinski definition) is 2. The van der Waals surface area contributed by atoms with Crippen molar-refractivity contribution in [1.29, 1.82) is 0 Å². The smallest absolute Gasteiger partial charge is 0.303 e. The summed E-state index contributed by atoms with van der Waals surface area (Å²) in [7, 11) is 0. The number of carbonyl (C=O) groups is 2. The number of rotatable bonds is 7. The number of aliphatic carboxylic acids is 1. The van der Waals surface area contributed by atoms with Gasteiger partial charge >= 0.3 is 5.97 Å². The molecule has 0 saturated heterocycles. The van der Waals surface area contributed by atoms with Gasteiger partial charge in [0.2, 0.25) is 0 Å². The van der Waals surface area contributed by atoms with Crippen molar-refractivity contribution >= 4 is 23.5 Å². The summed E-state index contributed by atoms with van der Waals surface area (Å²) in [5.74, 6) is -0.754. The van der Waals surface area contributed by atoms with Gasteiger partial charge in [-0.25, -0.2) is 4.68 Å². The fourth-order valence-electron chi connectivity index (χ4n) is 2.74. The van der Waals surface area contributed by atoms with E-state index in [1.807, 2.05) is 25.1 Å². The molecule has 0 bridgehead atoms. The lowest BCUT2D eigenvalue weighted by Gasteiger charge is -2.10. The molecule has 0 atom stereocenters. The lowest BCUT2D eigenvalue weighted by molar-refractivity contribution is -0.137. The van der Waals surface area contributed by atoms with Crippen LogP contribution in [0.25, 0.3) is 5.69 Å². The predicted molar refractivity (Wildman–Crippen MR) is 94.5 cm³/mol. The van der Waals surface area contributed by atoms with Gasteiger partial charge in [0, 0.05) is 23.9 Å². The number of amides is 1. The average Bonchev–Trinajstić information content (AvgIpc) is 3.32. The molecule has 1 aliphatic rings. The van der Waals surface area contributed by atoms with E-state index in [0.717, 1.165) is 29.8 Å². The maximum absolute atomic E-state index is 12.5. The maximum Gasteiger partial charge on any atom is 0.303 e. The first-order chi connectivity index (χ1) is 12.0. The van der Waals surface area contributed by atoms with Crippen LogP contribution in [-0.4, -0.2) is 33.3 Å². The number of carbonyl (C=O) groups excluding carboxylic acids is 1. The first-order valence-electron chi connectivity index (χ1n) is 8.32. The van der Waals surface area contributed by atoms with E-state index in [9.17, 15) is 9.59 Å². The second-order valence-electron chi connectivity index (χ2n) is 6.32. The quantitative estimate of drug-likeness (QED) is 0.741. The molecule has 0 unspecified atom stereocenters. The highest BCUT2D eigenvalue weighted by molar-refractivity contribution is 6.31. The van der Waals surface area contributed by atoms with Crippen molar-refractivity contribution in [2.24, 2.45) is 0 Å². The molecule has 1 heterocycles. The van der Waals surface area contributed by atoms with Crippen molar-refractivity contribution in [3.05, 3.63) is 46.2 Å². The fraction of sp³-hybridized carbons (Fsp3) is 0.389. The topological polar surface area (TPSA) is 84.2 Å². The van der Waals surface area contributed by atoms with Crippen molar-refractivity contribution in [2.75, 3.05) is 6.54 Å². The Morgan fingerprint density at radius 2 is 2.16 bits per heavy atom. The van der Waals surface area contributed by atoms with Crippen LogP contribution in [0.1, 0.15) is 53.2 Å². The second kappa shape index (κ2) is 7.27. The molecule has 1 aliphatic carbocycles. The zero-order valence-corrected chi connectivity index (χ0v) is 14.7. The highest BCUT2D eigenvalue weighted by Crippen LogP contribution is 2.42. The van der Waals surface area contributed by atoms with Crippen molar-refractivity contribution in [3.8, 4) is 5.69 Å². The third kappa shape index (κ3) is 4.02. The molecule has 1 fully saturated rings. The highest BCUT2D eigenvalue weighted by atomic mass is 35.5. The van der Waals surface area contributed by atoms with Gasteiger partial charge in [-0.2, -0.15) is 5.10 Å². The lowest BCUT2D eigenvalue weighted by atomic mass is 10.1. The molecule has 2 aromatic rings. The molecule has 0 radical (unpaired) electrons. The maximum atomic E-state index is 12.5. The number of nitrogens with zero attached hydrogens (tertiary/aromatic N) is 2. The monoisotopic (exact) mass is 361 g/mol. The summed E-state index contributed by atoms with van der Waals surface area (Å²) in [4.78, 5) is 23.0. The summed E-state index contributed by atoms with van der Waals surface area (Å²) in [5, 5.41) is 16.5. The zero-order chi connectivity index (χ0) is 18.0. The molecule has 1 amide bonds. The molecule has 2 N–H and O–H groups in total. The van der Waals surface area contributed by atoms with Gasteiger partial charge in [0.25, 0.3) is 5.91 Å². The van der Waals surface area contributed by atoms with Crippen LogP contribution in [0.3, 0.4) is 0 Å². The average molecular weight is 362 g/mol. The van der Waals surface area contributed by atoms with E-state index in [4.69, 9.17) is 16.7 Å². The molecule has 1 saturated carbocycles. The van der Waals surface area contributed by atoms with Gasteiger partial charge in [0.15, 0.2) is 0 Å². The van der Waals surface area contributed by atoms with Crippen LogP contribution in [0.15, 0.2) is 24.4 Å². The van der Waals surface area contributed by atoms with Gasteiger partial charge in [-0.1, -0.05) is 17.7 Å². The highest BCUT2D eigenvalue weighted by Gasteiger charge is 2.32. The number of hydrogen-bond acceptors (Lipinski definition) is 3. The molecule has 0 aliphatic heterocycles. The first-order valence-corrected chi connectivity index (χ1v) is 8.69. The van der Waals surface area contributed by atoms with E-state index in [1.165, 1.54) is 0 Å². The van der Waals surface area contributed by atoms with Crippen LogP contribution in [0.5, 0.6) is 0 Å². The molecule has 132 valence electrons. The Morgan fingerprint density at radius 3 is 2.80 bits per heavy atom. The standard InChI is InChI=1S/C18H20ClN3O3/c1-11-4-7-13(9-15(11)19)22-17(12-5-6-12)14(10-21-22)18(25)20-8-2-3-16(23)24/h4,7,9-10,12H,2-3,5-6,8H2,1H3,(H,20,25)(H,23,24). The fourth-order valence-corrected chi connectivity index (χ4v) is 2.91. The second-order valence-corrected chi connectivity index (χ2v) is 6.72. The molecular weight excluding hydrogens is 342 g/mol. The van der Waals surface area contributed by atoms with Gasteiger partial charge in [-0.3, -0.25) is 9.59 Å². The minimum atomic E-state index is -0.864. The first kappa shape index (κ1) is 17.5. The molecule has 25 heavy (non-hydrogen) atoms. The van der Waals surface area contributed by atoms with Crippen LogP contribution in [0.4, 0.5) is 0 Å².